The normalized spacial score (nSPS) is 15.6. The molecule has 1 N–H and O–H groups in total. The molecule has 0 saturated carbocycles. The number of hydrogen-bond donors (Lipinski definition) is 1. The van der Waals surface area contributed by atoms with E-state index in [0.29, 0.717) is 13.0 Å². The van der Waals surface area contributed by atoms with Crippen molar-refractivity contribution < 1.29 is 13.2 Å². The second-order valence-corrected chi connectivity index (χ2v) is 7.08. The Hall–Kier alpha value is -2.97. The van der Waals surface area contributed by atoms with E-state index in [1.807, 2.05) is 29.8 Å². The van der Waals surface area contributed by atoms with Crippen molar-refractivity contribution in [2.75, 3.05) is 5.32 Å². The number of nitrogens with one attached hydrogen (secondary N) is 1. The van der Waals surface area contributed by atoms with Gasteiger partial charge < -0.3 is 5.32 Å². The summed E-state index contributed by atoms with van der Waals surface area (Å²) < 4.78 is 40.4. The zero-order valence-electron chi connectivity index (χ0n) is 16.2. The molecule has 1 aromatic carbocycles. The van der Waals surface area contributed by atoms with Gasteiger partial charge in [-0.05, 0) is 56.4 Å². The van der Waals surface area contributed by atoms with E-state index < -0.39 is 12.2 Å². The van der Waals surface area contributed by atoms with Crippen LogP contribution in [0.2, 0.25) is 0 Å². The van der Waals surface area contributed by atoms with Crippen LogP contribution in [0.5, 0.6) is 0 Å². The summed E-state index contributed by atoms with van der Waals surface area (Å²) in [6, 6.07) is 4.23. The lowest BCUT2D eigenvalue weighted by Crippen LogP contribution is -2.33. The van der Waals surface area contributed by atoms with Gasteiger partial charge >= 0.3 is 6.18 Å². The van der Waals surface area contributed by atoms with Crippen LogP contribution >= 0.6 is 0 Å². The summed E-state index contributed by atoms with van der Waals surface area (Å²) in [7, 11) is 0. The van der Waals surface area contributed by atoms with E-state index in [9.17, 15) is 13.2 Å². The Morgan fingerprint density at radius 2 is 2.10 bits per heavy atom. The summed E-state index contributed by atoms with van der Waals surface area (Å²) in [5.41, 5.74) is 5.34. The molecule has 1 aliphatic rings. The van der Waals surface area contributed by atoms with Gasteiger partial charge in [0.2, 0.25) is 5.95 Å². The van der Waals surface area contributed by atoms with Crippen LogP contribution in [-0.2, 0) is 13.0 Å². The van der Waals surface area contributed by atoms with E-state index >= 15 is 0 Å². The van der Waals surface area contributed by atoms with Gasteiger partial charge in [0.05, 0.1) is 11.2 Å². The molecule has 0 spiro atoms. The van der Waals surface area contributed by atoms with Gasteiger partial charge in [-0.15, -0.1) is 5.10 Å². The third-order valence-corrected chi connectivity index (χ3v) is 5.09. The van der Waals surface area contributed by atoms with Crippen molar-refractivity contribution in [3.63, 3.8) is 0 Å². The van der Waals surface area contributed by atoms with E-state index in [-0.39, 0.29) is 5.95 Å². The molecule has 6 nitrogen and oxygen atoms in total. The smallest absolute Gasteiger partial charge is 0.343 e. The molecule has 2 heterocycles. The van der Waals surface area contributed by atoms with Crippen LogP contribution in [0, 0.1) is 0 Å². The molecular formula is C20H21F3N6. The first kappa shape index (κ1) is 19.4. The van der Waals surface area contributed by atoms with Crippen LogP contribution in [-0.4, -0.2) is 37.2 Å². The van der Waals surface area contributed by atoms with E-state index in [1.54, 1.807) is 6.20 Å². The number of hydrogen-bond acceptors (Lipinski definition) is 5. The molecular weight excluding hydrogens is 381 g/mol. The minimum atomic E-state index is -4.35. The largest absolute Gasteiger partial charge is 0.408 e. The predicted octanol–water partition coefficient (Wildman–Crippen LogP) is 4.37. The third-order valence-electron chi connectivity index (χ3n) is 5.09. The lowest BCUT2D eigenvalue weighted by atomic mass is 9.97. The Morgan fingerprint density at radius 3 is 2.86 bits per heavy atom. The van der Waals surface area contributed by atoms with Gasteiger partial charge in [0.1, 0.15) is 11.6 Å². The van der Waals surface area contributed by atoms with Gasteiger partial charge in [-0.25, -0.2) is 14.6 Å². The molecule has 0 fully saturated rings. The van der Waals surface area contributed by atoms with E-state index in [1.165, 1.54) is 0 Å². The fourth-order valence-electron chi connectivity index (χ4n) is 3.44. The average Bonchev–Trinajstić information content (AvgIpc) is 2.98. The van der Waals surface area contributed by atoms with E-state index in [2.05, 4.69) is 31.7 Å². The third kappa shape index (κ3) is 3.81. The number of benzene rings is 1. The van der Waals surface area contributed by atoms with Crippen LogP contribution in [0.4, 0.5) is 19.1 Å². The zero-order chi connectivity index (χ0) is 20.6. The van der Waals surface area contributed by atoms with Crippen molar-refractivity contribution in [2.24, 2.45) is 0 Å². The van der Waals surface area contributed by atoms with Crippen molar-refractivity contribution in [3.05, 3.63) is 47.3 Å². The Morgan fingerprint density at radius 1 is 1.28 bits per heavy atom. The molecule has 3 aromatic rings. The highest BCUT2D eigenvalue weighted by atomic mass is 19.4. The number of allylic oxidation sites excluding steroid dienone is 1. The quantitative estimate of drug-likeness (QED) is 0.702. The van der Waals surface area contributed by atoms with Crippen molar-refractivity contribution in [3.8, 4) is 0 Å². The van der Waals surface area contributed by atoms with Gasteiger partial charge in [-0.2, -0.15) is 13.2 Å². The van der Waals surface area contributed by atoms with Crippen LogP contribution < -0.4 is 5.32 Å². The highest BCUT2D eigenvalue weighted by Gasteiger charge is 2.36. The van der Waals surface area contributed by atoms with Crippen LogP contribution in [0.3, 0.4) is 0 Å². The summed E-state index contributed by atoms with van der Waals surface area (Å²) in [5.74, 6) is -0.00136. The molecule has 152 valence electrons. The maximum absolute atomic E-state index is 12.8. The maximum atomic E-state index is 12.8. The Labute approximate surface area is 165 Å². The van der Waals surface area contributed by atoms with Gasteiger partial charge in [-0.3, -0.25) is 0 Å². The second kappa shape index (κ2) is 7.46. The lowest BCUT2D eigenvalue weighted by molar-refractivity contribution is -0.138. The molecule has 4 rings (SSSR count). The van der Waals surface area contributed by atoms with Gasteiger partial charge in [0.15, 0.2) is 0 Å². The first-order chi connectivity index (χ1) is 13.9. The summed E-state index contributed by atoms with van der Waals surface area (Å²) in [6.07, 6.45) is 1.82. The predicted molar refractivity (Wildman–Crippen MR) is 104 cm³/mol. The number of aromatic nitrogens is 5. The van der Waals surface area contributed by atoms with Gasteiger partial charge in [0, 0.05) is 18.3 Å². The molecule has 0 unspecified atom stereocenters. The zero-order valence-corrected chi connectivity index (χ0v) is 16.2. The standard InChI is InChI=1S/C20H21F3N6/c1-3-29-18-10-13(8-9-17(18)27-28-29)14-6-4-5-7-16-15(14)11-24-19(26-16)25-12(2)20(21,22)23/h6,8-12H,3-5,7H2,1-2H3,(H,24,25,26)/t12-/m1/s1. The van der Waals surface area contributed by atoms with Crippen LogP contribution in [0.25, 0.3) is 16.6 Å². The molecule has 0 bridgehead atoms. The molecule has 2 aromatic heterocycles. The van der Waals surface area contributed by atoms with E-state index in [0.717, 1.165) is 53.2 Å². The number of halogens is 3. The van der Waals surface area contributed by atoms with Gasteiger partial charge in [0.25, 0.3) is 0 Å². The number of alkyl halides is 3. The number of fused-ring (bicyclic) bond motifs is 2. The minimum Gasteiger partial charge on any atom is -0.343 e. The maximum Gasteiger partial charge on any atom is 0.408 e. The summed E-state index contributed by atoms with van der Waals surface area (Å²) in [4.78, 5) is 8.55. The molecule has 29 heavy (non-hydrogen) atoms. The molecule has 0 saturated heterocycles. The first-order valence-corrected chi connectivity index (χ1v) is 9.60. The molecule has 0 amide bonds. The van der Waals surface area contributed by atoms with Crippen molar-refractivity contribution in [2.45, 2.75) is 51.9 Å². The SMILES string of the molecule is CCn1nnc2ccc(C3=CCCCc4nc(N[C@H](C)C(F)(F)F)ncc43)cc21. The molecule has 9 heteroatoms. The Kier molecular flexibility index (Phi) is 4.97. The molecule has 1 atom stereocenters. The monoisotopic (exact) mass is 402 g/mol. The fraction of sp³-hybridized carbons (Fsp3) is 0.400. The highest BCUT2D eigenvalue weighted by molar-refractivity contribution is 5.86. The number of anilines is 1. The van der Waals surface area contributed by atoms with E-state index in [4.69, 9.17) is 0 Å². The summed E-state index contributed by atoms with van der Waals surface area (Å²) in [6.45, 7) is 3.77. The first-order valence-electron chi connectivity index (χ1n) is 9.60. The fourth-order valence-corrected chi connectivity index (χ4v) is 3.44. The Bertz CT molecular complexity index is 1070. The van der Waals surface area contributed by atoms with Crippen molar-refractivity contribution in [1.82, 2.24) is 25.0 Å². The molecule has 0 radical (unpaired) electrons. The highest BCUT2D eigenvalue weighted by Crippen LogP contribution is 2.32. The number of nitrogens with zero attached hydrogens (tertiary/aromatic N) is 5. The van der Waals surface area contributed by atoms with Crippen molar-refractivity contribution in [1.29, 1.82) is 0 Å². The topological polar surface area (TPSA) is 68.5 Å². The molecule has 1 aliphatic carbocycles. The van der Waals surface area contributed by atoms with Crippen molar-refractivity contribution >= 4 is 22.6 Å². The second-order valence-electron chi connectivity index (χ2n) is 7.08. The van der Waals surface area contributed by atoms with Crippen LogP contribution in [0.1, 0.15) is 43.5 Å². The minimum absolute atomic E-state index is 0.00136. The number of aryl methyl sites for hydroxylation is 2. The molecule has 0 aliphatic heterocycles. The summed E-state index contributed by atoms with van der Waals surface area (Å²) >= 11 is 0. The summed E-state index contributed by atoms with van der Waals surface area (Å²) in [5, 5.41) is 10.7. The van der Waals surface area contributed by atoms with Gasteiger partial charge in [-0.1, -0.05) is 17.4 Å². The number of rotatable bonds is 4. The Balaban J connectivity index is 1.71. The average molecular weight is 402 g/mol. The lowest BCUT2D eigenvalue weighted by Gasteiger charge is -2.18. The van der Waals surface area contributed by atoms with Crippen LogP contribution in [0.15, 0.2) is 30.5 Å².